The summed E-state index contributed by atoms with van der Waals surface area (Å²) in [6.45, 7) is 3.01. The van der Waals surface area contributed by atoms with Crippen molar-refractivity contribution < 1.29 is 4.74 Å². The van der Waals surface area contributed by atoms with Gasteiger partial charge in [0.25, 0.3) is 0 Å². The zero-order chi connectivity index (χ0) is 17.5. The van der Waals surface area contributed by atoms with E-state index in [1.54, 1.807) is 12.7 Å². The number of hydrogen-bond donors (Lipinski definition) is 0. The molecule has 0 heterocycles. The minimum Gasteiger partial charge on any atom is -0.381 e. The molecule has 0 N–H and O–H groups in total. The fourth-order valence-corrected chi connectivity index (χ4v) is 5.10. The maximum atomic E-state index is 5.12. The average molecular weight is 341 g/mol. The van der Waals surface area contributed by atoms with Crippen molar-refractivity contribution in [1.82, 2.24) is 0 Å². The van der Waals surface area contributed by atoms with Crippen molar-refractivity contribution in [3.8, 4) is 0 Å². The molecule has 25 heavy (non-hydrogen) atoms. The Morgan fingerprint density at radius 3 is 2.04 bits per heavy atom. The molecule has 2 saturated carbocycles. The van der Waals surface area contributed by atoms with Gasteiger partial charge in [-0.05, 0) is 92.6 Å². The molecule has 0 aliphatic heterocycles. The molecule has 0 bridgehead atoms. The van der Waals surface area contributed by atoms with Crippen LogP contribution in [-0.2, 0) is 11.2 Å². The van der Waals surface area contributed by atoms with Crippen molar-refractivity contribution in [3.63, 3.8) is 0 Å². The van der Waals surface area contributed by atoms with Gasteiger partial charge in [0.2, 0.25) is 0 Å². The van der Waals surface area contributed by atoms with Crippen LogP contribution in [0.3, 0.4) is 0 Å². The van der Waals surface area contributed by atoms with E-state index in [0.717, 1.165) is 36.7 Å². The van der Waals surface area contributed by atoms with E-state index in [1.807, 2.05) is 0 Å². The van der Waals surface area contributed by atoms with Crippen molar-refractivity contribution in [1.29, 1.82) is 0 Å². The summed E-state index contributed by atoms with van der Waals surface area (Å²) in [6, 6.07) is 9.45. The van der Waals surface area contributed by atoms with Crippen molar-refractivity contribution >= 4 is 0 Å². The highest BCUT2D eigenvalue weighted by molar-refractivity contribution is 5.25. The third-order valence-electron chi connectivity index (χ3n) is 6.79. The second-order valence-electron chi connectivity index (χ2n) is 8.27. The van der Waals surface area contributed by atoms with Crippen molar-refractivity contribution in [2.24, 2.45) is 17.8 Å². The first-order valence-electron chi connectivity index (χ1n) is 10.5. The molecule has 1 nitrogen and oxygen atoms in total. The van der Waals surface area contributed by atoms with Gasteiger partial charge in [0.1, 0.15) is 0 Å². The third kappa shape index (κ3) is 5.20. The van der Waals surface area contributed by atoms with E-state index in [1.165, 1.54) is 56.9 Å². The summed E-state index contributed by atoms with van der Waals surface area (Å²) in [4.78, 5) is 0. The molecule has 0 radical (unpaired) electrons. The zero-order valence-corrected chi connectivity index (χ0v) is 16.3. The highest BCUT2D eigenvalue weighted by Crippen LogP contribution is 2.44. The van der Waals surface area contributed by atoms with Crippen LogP contribution in [-0.4, -0.2) is 13.7 Å². The summed E-state index contributed by atoms with van der Waals surface area (Å²) in [5.41, 5.74) is 3.05. The van der Waals surface area contributed by atoms with E-state index in [4.69, 9.17) is 4.74 Å². The van der Waals surface area contributed by atoms with Gasteiger partial charge in [-0.15, -0.1) is 0 Å². The fraction of sp³-hybridized carbons (Fsp3) is 0.667. The Morgan fingerprint density at radius 2 is 1.48 bits per heavy atom. The lowest BCUT2D eigenvalue weighted by molar-refractivity contribution is 0.171. The summed E-state index contributed by atoms with van der Waals surface area (Å²) >= 11 is 0. The molecule has 0 aromatic heterocycles. The first-order chi connectivity index (χ1) is 12.3. The molecule has 0 unspecified atom stereocenters. The second kappa shape index (κ2) is 9.57. The molecular formula is C24H36O. The lowest BCUT2D eigenvalue weighted by Crippen LogP contribution is -2.25. The molecule has 1 aromatic carbocycles. The van der Waals surface area contributed by atoms with Gasteiger partial charge >= 0.3 is 0 Å². The Kier molecular flexibility index (Phi) is 7.16. The first-order valence-corrected chi connectivity index (χ1v) is 10.5. The molecule has 2 fully saturated rings. The van der Waals surface area contributed by atoms with Crippen LogP contribution in [0.5, 0.6) is 0 Å². The summed E-state index contributed by atoms with van der Waals surface area (Å²) in [5.74, 6) is 3.61. The van der Waals surface area contributed by atoms with Crippen molar-refractivity contribution in [2.75, 3.05) is 13.7 Å². The highest BCUT2D eigenvalue weighted by Gasteiger charge is 2.30. The average Bonchev–Trinajstić information content (AvgIpc) is 2.69. The summed E-state index contributed by atoms with van der Waals surface area (Å²) < 4.78 is 5.12. The Morgan fingerprint density at radius 1 is 0.880 bits per heavy atom. The lowest BCUT2D eigenvalue weighted by Gasteiger charge is -2.37. The first kappa shape index (κ1) is 18.7. The van der Waals surface area contributed by atoms with Crippen LogP contribution in [0.4, 0.5) is 0 Å². The highest BCUT2D eigenvalue weighted by atomic mass is 16.5. The number of benzene rings is 1. The molecule has 1 heteroatoms. The summed E-state index contributed by atoms with van der Waals surface area (Å²) in [7, 11) is 1.77. The SMILES string of the molecule is CCc1ccc(C2CCC([C@H]3CC[C@H](/C=C/COC)CC3)CC2)cc1. The van der Waals surface area contributed by atoms with E-state index in [-0.39, 0.29) is 0 Å². The van der Waals surface area contributed by atoms with Gasteiger partial charge in [-0.25, -0.2) is 0 Å². The zero-order valence-electron chi connectivity index (χ0n) is 16.3. The normalized spacial score (nSPS) is 30.6. The van der Waals surface area contributed by atoms with E-state index in [2.05, 4.69) is 43.3 Å². The maximum absolute atomic E-state index is 5.12. The third-order valence-corrected chi connectivity index (χ3v) is 6.79. The van der Waals surface area contributed by atoms with Crippen molar-refractivity contribution in [3.05, 3.63) is 47.5 Å². The Balaban J connectivity index is 1.43. The van der Waals surface area contributed by atoms with Gasteiger partial charge < -0.3 is 4.74 Å². The number of hydrogen-bond acceptors (Lipinski definition) is 1. The molecule has 0 amide bonds. The number of rotatable bonds is 6. The molecule has 2 aliphatic carbocycles. The summed E-state index contributed by atoms with van der Waals surface area (Å²) in [6.07, 6.45) is 17.2. The van der Waals surface area contributed by atoms with Crippen LogP contribution < -0.4 is 0 Å². The van der Waals surface area contributed by atoms with Crippen LogP contribution in [0.15, 0.2) is 36.4 Å². The minimum atomic E-state index is 0.767. The number of methoxy groups -OCH3 is 1. The van der Waals surface area contributed by atoms with Crippen LogP contribution in [0.1, 0.15) is 75.3 Å². The van der Waals surface area contributed by atoms with Crippen LogP contribution in [0, 0.1) is 17.8 Å². The monoisotopic (exact) mass is 340 g/mol. The molecule has 138 valence electrons. The molecule has 0 spiro atoms. The molecule has 0 saturated heterocycles. The van der Waals surface area contributed by atoms with Gasteiger partial charge in [0.15, 0.2) is 0 Å². The predicted molar refractivity (Wildman–Crippen MR) is 107 cm³/mol. The minimum absolute atomic E-state index is 0.767. The molecule has 3 rings (SSSR count). The van der Waals surface area contributed by atoms with Gasteiger partial charge in [0, 0.05) is 7.11 Å². The lowest BCUT2D eigenvalue weighted by atomic mass is 9.68. The summed E-state index contributed by atoms with van der Waals surface area (Å²) in [5, 5.41) is 0. The predicted octanol–water partition coefficient (Wildman–Crippen LogP) is 6.53. The molecule has 0 atom stereocenters. The van der Waals surface area contributed by atoms with Crippen LogP contribution in [0.2, 0.25) is 0 Å². The quantitative estimate of drug-likeness (QED) is 0.535. The fourth-order valence-electron chi connectivity index (χ4n) is 5.10. The van der Waals surface area contributed by atoms with Crippen molar-refractivity contribution in [2.45, 2.75) is 70.6 Å². The number of ether oxygens (including phenoxy) is 1. The standard InChI is InChI=1S/C24H36O/c1-3-19-6-10-21(11-7-19)23-14-16-24(17-15-23)22-12-8-20(9-13-22)5-4-18-25-2/h4-7,10-11,20,22-24H,3,8-9,12-18H2,1-2H3/b5-4+/t20-,22-,23?,24?. The van der Waals surface area contributed by atoms with Gasteiger partial charge in [-0.3, -0.25) is 0 Å². The smallest absolute Gasteiger partial charge is 0.0643 e. The Hall–Kier alpha value is -1.08. The van der Waals surface area contributed by atoms with Gasteiger partial charge in [-0.2, -0.15) is 0 Å². The number of allylic oxidation sites excluding steroid dienone is 1. The maximum Gasteiger partial charge on any atom is 0.0643 e. The van der Waals surface area contributed by atoms with Crippen LogP contribution in [0.25, 0.3) is 0 Å². The second-order valence-corrected chi connectivity index (χ2v) is 8.27. The Labute approximate surface area is 154 Å². The van der Waals surface area contributed by atoms with E-state index in [9.17, 15) is 0 Å². The van der Waals surface area contributed by atoms with Gasteiger partial charge in [-0.1, -0.05) is 43.3 Å². The molecular weight excluding hydrogens is 304 g/mol. The molecule has 1 aromatic rings. The van der Waals surface area contributed by atoms with E-state index in [0.29, 0.717) is 0 Å². The van der Waals surface area contributed by atoms with E-state index >= 15 is 0 Å². The Bertz CT molecular complexity index is 514. The number of aryl methyl sites for hydroxylation is 1. The topological polar surface area (TPSA) is 9.23 Å². The van der Waals surface area contributed by atoms with Gasteiger partial charge in [0.05, 0.1) is 6.61 Å². The van der Waals surface area contributed by atoms with Crippen LogP contribution >= 0.6 is 0 Å². The largest absolute Gasteiger partial charge is 0.381 e. The molecule has 2 aliphatic rings. The van der Waals surface area contributed by atoms with E-state index < -0.39 is 0 Å².